The number of rotatable bonds is 9. The van der Waals surface area contributed by atoms with Crippen LogP contribution in [-0.2, 0) is 9.59 Å². The summed E-state index contributed by atoms with van der Waals surface area (Å²) in [6.45, 7) is 8.49. The van der Waals surface area contributed by atoms with E-state index in [4.69, 9.17) is 21.1 Å². The van der Waals surface area contributed by atoms with Crippen LogP contribution in [0.4, 0.5) is 5.69 Å². The number of hydrogen-bond acceptors (Lipinski definition) is 5. The number of nitrogens with one attached hydrogen (secondary N) is 1. The Morgan fingerprint density at radius 3 is 2.42 bits per heavy atom. The molecule has 3 rings (SSSR count). The molecule has 0 aromatic heterocycles. The third-order valence-corrected chi connectivity index (χ3v) is 4.92. The predicted molar refractivity (Wildman–Crippen MR) is 122 cm³/mol. The smallest absolute Gasteiger partial charge is 0.278 e. The summed E-state index contributed by atoms with van der Waals surface area (Å²) in [6, 6.07) is 12.2. The molecule has 31 heavy (non-hydrogen) atoms. The van der Waals surface area contributed by atoms with E-state index in [9.17, 15) is 9.59 Å². The van der Waals surface area contributed by atoms with Crippen molar-refractivity contribution in [1.29, 1.82) is 0 Å². The number of carbonyl (C=O) groups excluding carboxylic acids is 2. The zero-order chi connectivity index (χ0) is 22.5. The molecule has 1 N–H and O–H groups in total. The van der Waals surface area contributed by atoms with Gasteiger partial charge in [0.15, 0.2) is 0 Å². The van der Waals surface area contributed by atoms with Gasteiger partial charge in [-0.1, -0.05) is 43.7 Å². The SMILES string of the molecule is C=CCN1C(=O)C(Nc2ccc(OC)c(Cl)c2)=C(c2ccc(OCC(C)C)cc2)C1=O. The maximum Gasteiger partial charge on any atom is 0.278 e. The lowest BCUT2D eigenvalue weighted by Gasteiger charge is -2.13. The average Bonchev–Trinajstić information content (AvgIpc) is 2.97. The average molecular weight is 441 g/mol. The molecule has 0 unspecified atom stereocenters. The van der Waals surface area contributed by atoms with Crippen molar-refractivity contribution in [2.45, 2.75) is 13.8 Å². The van der Waals surface area contributed by atoms with Crippen LogP contribution in [0.15, 0.2) is 60.8 Å². The Kier molecular flexibility index (Phi) is 7.02. The van der Waals surface area contributed by atoms with Crippen molar-refractivity contribution in [1.82, 2.24) is 4.90 Å². The first-order valence-corrected chi connectivity index (χ1v) is 10.3. The number of halogens is 1. The lowest BCUT2D eigenvalue weighted by molar-refractivity contribution is -0.136. The number of anilines is 1. The number of amides is 2. The summed E-state index contributed by atoms with van der Waals surface area (Å²) in [5.74, 6) is 0.806. The monoisotopic (exact) mass is 440 g/mol. The lowest BCUT2D eigenvalue weighted by atomic mass is 10.0. The fraction of sp³-hybridized carbons (Fsp3) is 0.250. The topological polar surface area (TPSA) is 67.9 Å². The van der Waals surface area contributed by atoms with Gasteiger partial charge in [-0.2, -0.15) is 0 Å². The van der Waals surface area contributed by atoms with Crippen molar-refractivity contribution in [2.75, 3.05) is 25.6 Å². The zero-order valence-corrected chi connectivity index (χ0v) is 18.5. The van der Waals surface area contributed by atoms with Gasteiger partial charge in [-0.15, -0.1) is 6.58 Å². The van der Waals surface area contributed by atoms with Gasteiger partial charge in [0, 0.05) is 12.2 Å². The van der Waals surface area contributed by atoms with E-state index in [0.29, 0.717) is 40.3 Å². The molecule has 2 aromatic carbocycles. The van der Waals surface area contributed by atoms with Gasteiger partial charge >= 0.3 is 0 Å². The minimum Gasteiger partial charge on any atom is -0.495 e. The first-order valence-electron chi connectivity index (χ1n) is 9.90. The minimum atomic E-state index is -0.424. The molecule has 0 aliphatic carbocycles. The van der Waals surface area contributed by atoms with Gasteiger partial charge in [-0.25, -0.2) is 0 Å². The first-order chi connectivity index (χ1) is 14.8. The van der Waals surface area contributed by atoms with Crippen LogP contribution in [0.5, 0.6) is 11.5 Å². The Hall–Kier alpha value is -3.25. The van der Waals surface area contributed by atoms with Crippen molar-refractivity contribution in [3.05, 3.63) is 71.4 Å². The van der Waals surface area contributed by atoms with Crippen LogP contribution >= 0.6 is 11.6 Å². The highest BCUT2D eigenvalue weighted by Crippen LogP contribution is 2.33. The van der Waals surface area contributed by atoms with E-state index in [1.165, 1.54) is 13.2 Å². The van der Waals surface area contributed by atoms with Crippen molar-refractivity contribution >= 4 is 34.7 Å². The zero-order valence-electron chi connectivity index (χ0n) is 17.8. The molecule has 0 radical (unpaired) electrons. The first kappa shape index (κ1) is 22.4. The van der Waals surface area contributed by atoms with Crippen LogP contribution in [0.25, 0.3) is 5.57 Å². The Bertz CT molecular complexity index is 1030. The molecule has 0 saturated heterocycles. The normalized spacial score (nSPS) is 13.8. The largest absolute Gasteiger partial charge is 0.495 e. The molecule has 6 nitrogen and oxygen atoms in total. The Labute approximate surface area is 187 Å². The van der Waals surface area contributed by atoms with Crippen molar-refractivity contribution in [2.24, 2.45) is 5.92 Å². The highest BCUT2D eigenvalue weighted by Gasteiger charge is 2.38. The van der Waals surface area contributed by atoms with Gasteiger partial charge in [0.25, 0.3) is 11.8 Å². The molecular weight excluding hydrogens is 416 g/mol. The molecule has 2 aromatic rings. The fourth-order valence-corrected chi connectivity index (χ4v) is 3.38. The molecule has 0 spiro atoms. The van der Waals surface area contributed by atoms with Crippen molar-refractivity contribution in [3.8, 4) is 11.5 Å². The van der Waals surface area contributed by atoms with Crippen LogP contribution in [-0.4, -0.2) is 37.0 Å². The number of imide groups is 1. The molecule has 2 amide bonds. The second kappa shape index (κ2) is 9.71. The van der Waals surface area contributed by atoms with E-state index < -0.39 is 5.91 Å². The Morgan fingerprint density at radius 1 is 1.13 bits per heavy atom. The fourth-order valence-electron chi connectivity index (χ4n) is 3.12. The second-order valence-electron chi connectivity index (χ2n) is 7.46. The van der Waals surface area contributed by atoms with Gasteiger partial charge in [0.05, 0.1) is 24.3 Å². The summed E-state index contributed by atoms with van der Waals surface area (Å²) >= 11 is 6.21. The lowest BCUT2D eigenvalue weighted by Crippen LogP contribution is -2.32. The second-order valence-corrected chi connectivity index (χ2v) is 7.87. The molecule has 0 atom stereocenters. The minimum absolute atomic E-state index is 0.116. The van der Waals surface area contributed by atoms with Crippen molar-refractivity contribution < 1.29 is 19.1 Å². The summed E-state index contributed by atoms with van der Waals surface area (Å²) in [4.78, 5) is 27.2. The van der Waals surface area contributed by atoms with E-state index >= 15 is 0 Å². The van der Waals surface area contributed by atoms with E-state index in [0.717, 1.165) is 4.90 Å². The molecule has 1 aliphatic heterocycles. The molecule has 1 aliphatic rings. The van der Waals surface area contributed by atoms with Crippen LogP contribution in [0.2, 0.25) is 5.02 Å². The van der Waals surface area contributed by atoms with Crippen molar-refractivity contribution in [3.63, 3.8) is 0 Å². The molecule has 0 saturated carbocycles. The summed E-state index contributed by atoms with van der Waals surface area (Å²) in [6.07, 6.45) is 1.52. The van der Waals surface area contributed by atoms with Crippen LogP contribution < -0.4 is 14.8 Å². The molecular formula is C24H25ClN2O4. The summed E-state index contributed by atoms with van der Waals surface area (Å²) in [7, 11) is 1.52. The van der Waals surface area contributed by atoms with Gasteiger partial charge in [-0.05, 0) is 41.8 Å². The van der Waals surface area contributed by atoms with Crippen LogP contribution in [0.1, 0.15) is 19.4 Å². The van der Waals surface area contributed by atoms with E-state index in [2.05, 4.69) is 25.7 Å². The standard InChI is InChI=1S/C24H25ClN2O4/c1-5-12-27-23(28)21(16-6-9-18(10-7-16)31-14-15(2)3)22(24(27)29)26-17-8-11-20(30-4)19(25)13-17/h5-11,13,15,26H,1,12,14H2,2-4H3. The molecule has 1 heterocycles. The molecule has 0 bridgehead atoms. The van der Waals surface area contributed by atoms with Gasteiger partial charge in [-0.3, -0.25) is 14.5 Å². The van der Waals surface area contributed by atoms with E-state index in [1.54, 1.807) is 42.5 Å². The third-order valence-electron chi connectivity index (χ3n) is 4.63. The summed E-state index contributed by atoms with van der Waals surface area (Å²) in [5, 5.41) is 3.46. The van der Waals surface area contributed by atoms with E-state index in [-0.39, 0.29) is 23.7 Å². The Morgan fingerprint density at radius 2 is 1.84 bits per heavy atom. The number of methoxy groups -OCH3 is 1. The van der Waals surface area contributed by atoms with Crippen LogP contribution in [0.3, 0.4) is 0 Å². The van der Waals surface area contributed by atoms with E-state index in [1.807, 2.05) is 0 Å². The predicted octanol–water partition coefficient (Wildman–Crippen LogP) is 4.76. The quantitative estimate of drug-likeness (QED) is 0.449. The summed E-state index contributed by atoms with van der Waals surface area (Å²) in [5.41, 5.74) is 1.65. The molecule has 162 valence electrons. The number of ether oxygens (including phenoxy) is 2. The number of benzene rings is 2. The highest BCUT2D eigenvalue weighted by atomic mass is 35.5. The number of nitrogens with zero attached hydrogens (tertiary/aromatic N) is 1. The van der Waals surface area contributed by atoms with Gasteiger partial charge < -0.3 is 14.8 Å². The summed E-state index contributed by atoms with van der Waals surface area (Å²) < 4.78 is 10.9. The van der Waals surface area contributed by atoms with Gasteiger partial charge in [0.2, 0.25) is 0 Å². The van der Waals surface area contributed by atoms with Gasteiger partial charge in [0.1, 0.15) is 17.2 Å². The Balaban J connectivity index is 1.97. The number of hydrogen-bond donors (Lipinski definition) is 1. The third kappa shape index (κ3) is 4.91. The number of carbonyl (C=O) groups is 2. The maximum absolute atomic E-state index is 13.1. The molecule has 0 fully saturated rings. The maximum atomic E-state index is 13.1. The molecule has 7 heteroatoms. The highest BCUT2D eigenvalue weighted by molar-refractivity contribution is 6.36. The van der Waals surface area contributed by atoms with Crippen LogP contribution in [0, 0.1) is 5.92 Å².